The second kappa shape index (κ2) is 6.22. The minimum absolute atomic E-state index is 0.182. The van der Waals surface area contributed by atoms with Crippen molar-refractivity contribution in [3.05, 3.63) is 64.1 Å². The van der Waals surface area contributed by atoms with E-state index in [9.17, 15) is 5.11 Å². The highest BCUT2D eigenvalue weighted by Crippen LogP contribution is 2.23. The van der Waals surface area contributed by atoms with E-state index in [1.165, 1.54) is 5.56 Å². The highest BCUT2D eigenvalue weighted by molar-refractivity contribution is 9.10. The Morgan fingerprint density at radius 1 is 0.947 bits per heavy atom. The number of rotatable bonds is 4. The maximum absolute atomic E-state index is 9.52. The summed E-state index contributed by atoms with van der Waals surface area (Å²) < 4.78 is 1.09. The predicted octanol–water partition coefficient (Wildman–Crippen LogP) is 4.57. The number of benzene rings is 2. The van der Waals surface area contributed by atoms with Gasteiger partial charge in [-0.1, -0.05) is 40.2 Å². The summed E-state index contributed by atoms with van der Waals surface area (Å²) in [4.78, 5) is 0. The lowest BCUT2D eigenvalue weighted by atomic mass is 10.0. The van der Waals surface area contributed by atoms with Crippen LogP contribution in [0.4, 0.5) is 0 Å². The number of phenols is 1. The smallest absolute Gasteiger partial charge is 0.115 e. The van der Waals surface area contributed by atoms with Gasteiger partial charge in [0.05, 0.1) is 0 Å². The summed E-state index contributed by atoms with van der Waals surface area (Å²) >= 11 is 3.49. The summed E-state index contributed by atoms with van der Waals surface area (Å²) in [6.45, 7) is 4.24. The Balaban J connectivity index is 2.08. The molecule has 0 saturated carbocycles. The molecular weight excluding hydrogens is 302 g/mol. The summed E-state index contributed by atoms with van der Waals surface area (Å²) in [6.07, 6.45) is 0. The largest absolute Gasteiger partial charge is 0.508 e. The first-order valence-electron chi connectivity index (χ1n) is 6.36. The summed E-state index contributed by atoms with van der Waals surface area (Å²) in [7, 11) is 0. The fourth-order valence-corrected chi connectivity index (χ4v) is 2.55. The molecule has 2 atom stereocenters. The summed E-state index contributed by atoms with van der Waals surface area (Å²) in [6, 6.07) is 16.1. The van der Waals surface area contributed by atoms with Crippen molar-refractivity contribution in [2.75, 3.05) is 0 Å². The van der Waals surface area contributed by atoms with Crippen molar-refractivity contribution in [3.8, 4) is 5.75 Å². The van der Waals surface area contributed by atoms with E-state index >= 15 is 0 Å². The van der Waals surface area contributed by atoms with E-state index in [0.29, 0.717) is 5.75 Å². The van der Waals surface area contributed by atoms with Gasteiger partial charge in [-0.3, -0.25) is 0 Å². The van der Waals surface area contributed by atoms with Gasteiger partial charge in [0, 0.05) is 16.6 Å². The van der Waals surface area contributed by atoms with Crippen molar-refractivity contribution in [3.63, 3.8) is 0 Å². The number of phenolic OH excluding ortho intramolecular Hbond substituents is 1. The van der Waals surface area contributed by atoms with Gasteiger partial charge in [-0.2, -0.15) is 0 Å². The molecule has 0 fully saturated rings. The third-order valence-corrected chi connectivity index (χ3v) is 3.71. The molecule has 1 unspecified atom stereocenters. The van der Waals surface area contributed by atoms with Crippen LogP contribution in [0.1, 0.15) is 37.1 Å². The maximum Gasteiger partial charge on any atom is 0.115 e. The molecule has 2 aromatic rings. The van der Waals surface area contributed by atoms with Gasteiger partial charge in [0.1, 0.15) is 5.75 Å². The van der Waals surface area contributed by atoms with Gasteiger partial charge in [-0.25, -0.2) is 0 Å². The third-order valence-electron chi connectivity index (χ3n) is 3.22. The van der Waals surface area contributed by atoms with Gasteiger partial charge in [0.15, 0.2) is 0 Å². The van der Waals surface area contributed by atoms with Crippen LogP contribution in [0.3, 0.4) is 0 Å². The standard InChI is InChI=1S/C16H18BrNO/c1-11(13-5-3-7-15(17)9-13)18-12(2)14-6-4-8-16(19)10-14/h3-12,18-19H,1-2H3/t11-,12?/m0/s1. The van der Waals surface area contributed by atoms with Crippen LogP contribution in [0, 0.1) is 0 Å². The van der Waals surface area contributed by atoms with E-state index < -0.39 is 0 Å². The van der Waals surface area contributed by atoms with Crippen molar-refractivity contribution < 1.29 is 5.11 Å². The normalized spacial score (nSPS) is 14.1. The molecule has 3 heteroatoms. The molecule has 0 aliphatic rings. The van der Waals surface area contributed by atoms with Crippen molar-refractivity contribution in [1.29, 1.82) is 0 Å². The van der Waals surface area contributed by atoms with E-state index in [0.717, 1.165) is 10.0 Å². The van der Waals surface area contributed by atoms with E-state index in [1.807, 2.05) is 24.3 Å². The molecule has 0 heterocycles. The average molecular weight is 320 g/mol. The Morgan fingerprint density at radius 3 is 2.11 bits per heavy atom. The molecular formula is C16H18BrNO. The molecule has 0 amide bonds. The molecule has 0 radical (unpaired) electrons. The highest BCUT2D eigenvalue weighted by Gasteiger charge is 2.11. The van der Waals surface area contributed by atoms with Gasteiger partial charge >= 0.3 is 0 Å². The zero-order valence-electron chi connectivity index (χ0n) is 11.1. The van der Waals surface area contributed by atoms with Crippen LogP contribution in [-0.2, 0) is 0 Å². The molecule has 0 bridgehead atoms. The van der Waals surface area contributed by atoms with Crippen molar-refractivity contribution in [2.24, 2.45) is 0 Å². The third kappa shape index (κ3) is 3.82. The monoisotopic (exact) mass is 319 g/mol. The topological polar surface area (TPSA) is 32.3 Å². The maximum atomic E-state index is 9.52. The zero-order chi connectivity index (χ0) is 13.8. The van der Waals surface area contributed by atoms with Crippen LogP contribution < -0.4 is 5.32 Å². The SMILES string of the molecule is CC(N[C@@H](C)c1cccc(Br)c1)c1cccc(O)c1. The van der Waals surface area contributed by atoms with Crippen molar-refractivity contribution in [2.45, 2.75) is 25.9 Å². The number of hydrogen-bond donors (Lipinski definition) is 2. The molecule has 0 aliphatic carbocycles. The predicted molar refractivity (Wildman–Crippen MR) is 82.2 cm³/mol. The summed E-state index contributed by atoms with van der Waals surface area (Å²) in [5.74, 6) is 0.307. The van der Waals surface area contributed by atoms with Crippen molar-refractivity contribution >= 4 is 15.9 Å². The molecule has 2 aromatic carbocycles. The lowest BCUT2D eigenvalue weighted by Gasteiger charge is -2.21. The fourth-order valence-electron chi connectivity index (χ4n) is 2.14. The molecule has 0 spiro atoms. The van der Waals surface area contributed by atoms with E-state index in [1.54, 1.807) is 12.1 Å². The zero-order valence-corrected chi connectivity index (χ0v) is 12.7. The first-order valence-corrected chi connectivity index (χ1v) is 7.16. The van der Waals surface area contributed by atoms with Crippen LogP contribution >= 0.6 is 15.9 Å². The van der Waals surface area contributed by atoms with Gasteiger partial charge in [0.25, 0.3) is 0 Å². The molecule has 19 heavy (non-hydrogen) atoms. The number of nitrogens with one attached hydrogen (secondary N) is 1. The minimum atomic E-state index is 0.182. The number of halogens is 1. The van der Waals surface area contributed by atoms with Gasteiger partial charge < -0.3 is 10.4 Å². The van der Waals surface area contributed by atoms with Crippen LogP contribution in [0.25, 0.3) is 0 Å². The van der Waals surface area contributed by atoms with Crippen LogP contribution in [-0.4, -0.2) is 5.11 Å². The van der Waals surface area contributed by atoms with Crippen LogP contribution in [0.5, 0.6) is 5.75 Å². The minimum Gasteiger partial charge on any atom is -0.508 e. The van der Waals surface area contributed by atoms with E-state index in [4.69, 9.17) is 0 Å². The molecule has 100 valence electrons. The Hall–Kier alpha value is -1.32. The summed E-state index contributed by atoms with van der Waals surface area (Å²) in [5.41, 5.74) is 2.32. The Kier molecular flexibility index (Phi) is 4.61. The molecule has 2 nitrogen and oxygen atoms in total. The Bertz CT molecular complexity index is 506. The fraction of sp³-hybridized carbons (Fsp3) is 0.250. The lowest BCUT2D eigenvalue weighted by molar-refractivity contribution is 0.466. The molecule has 0 saturated heterocycles. The highest BCUT2D eigenvalue weighted by atomic mass is 79.9. The molecule has 0 aliphatic heterocycles. The van der Waals surface area contributed by atoms with Crippen molar-refractivity contribution in [1.82, 2.24) is 5.32 Å². The second-order valence-corrected chi connectivity index (χ2v) is 5.68. The second-order valence-electron chi connectivity index (χ2n) is 4.76. The summed E-state index contributed by atoms with van der Waals surface area (Å²) in [5, 5.41) is 13.1. The number of aromatic hydroxyl groups is 1. The van der Waals surface area contributed by atoms with E-state index in [-0.39, 0.29) is 12.1 Å². The number of hydrogen-bond acceptors (Lipinski definition) is 2. The Labute approximate surface area is 122 Å². The van der Waals surface area contributed by atoms with Gasteiger partial charge in [-0.05, 0) is 49.2 Å². The van der Waals surface area contributed by atoms with E-state index in [2.05, 4.69) is 47.2 Å². The molecule has 2 N–H and O–H groups in total. The first kappa shape index (κ1) is 14.1. The first-order chi connectivity index (χ1) is 9.06. The molecule has 0 aromatic heterocycles. The van der Waals surface area contributed by atoms with Crippen LogP contribution in [0.15, 0.2) is 53.0 Å². The average Bonchev–Trinajstić information content (AvgIpc) is 2.38. The Morgan fingerprint density at radius 2 is 1.53 bits per heavy atom. The molecule has 2 rings (SSSR count). The lowest BCUT2D eigenvalue weighted by Crippen LogP contribution is -2.22. The van der Waals surface area contributed by atoms with Gasteiger partial charge in [0.2, 0.25) is 0 Å². The van der Waals surface area contributed by atoms with Gasteiger partial charge in [-0.15, -0.1) is 0 Å². The quantitative estimate of drug-likeness (QED) is 0.865. The van der Waals surface area contributed by atoms with Crippen LogP contribution in [0.2, 0.25) is 0 Å².